The summed E-state index contributed by atoms with van der Waals surface area (Å²) in [5.41, 5.74) is 0.260. The summed E-state index contributed by atoms with van der Waals surface area (Å²) in [6, 6.07) is 0.439. The zero-order valence-corrected chi connectivity index (χ0v) is 12.5. The number of rotatable bonds is 4. The predicted molar refractivity (Wildman–Crippen MR) is 78.2 cm³/mol. The number of carbonyl (C=O) groups is 1. The molecule has 0 unspecified atom stereocenters. The topological polar surface area (TPSA) is 44.4 Å². The number of carbonyl (C=O) groups excluding carboxylic acids is 1. The molecule has 0 aromatic carbocycles. The van der Waals surface area contributed by atoms with Gasteiger partial charge in [0.15, 0.2) is 0 Å². The molecule has 1 heterocycles. The van der Waals surface area contributed by atoms with Crippen LogP contribution in [0.25, 0.3) is 0 Å². The summed E-state index contributed by atoms with van der Waals surface area (Å²) in [5, 5.41) is 6.60. The number of amides is 1. The van der Waals surface area contributed by atoms with Gasteiger partial charge in [-0.3, -0.25) is 9.69 Å². The molecule has 1 saturated heterocycles. The minimum atomic E-state index is 0.222. The van der Waals surface area contributed by atoms with Crippen LogP contribution in [0.4, 0.5) is 0 Å². The maximum atomic E-state index is 12.0. The van der Waals surface area contributed by atoms with Gasteiger partial charge >= 0.3 is 0 Å². The molecule has 4 heteroatoms. The van der Waals surface area contributed by atoms with Crippen LogP contribution < -0.4 is 10.6 Å². The molecule has 2 fully saturated rings. The molecular formula is C15H29N3O. The zero-order chi connectivity index (χ0) is 13.7. The molecular weight excluding hydrogens is 238 g/mol. The Balaban J connectivity index is 1.68. The SMILES string of the molecule is CNC1(C)CCN(CC(=O)NC2CCCCC2)CC1. The van der Waals surface area contributed by atoms with E-state index < -0.39 is 0 Å². The molecule has 1 saturated carbocycles. The van der Waals surface area contributed by atoms with Gasteiger partial charge in [-0.25, -0.2) is 0 Å². The van der Waals surface area contributed by atoms with E-state index in [2.05, 4.69) is 22.5 Å². The first-order valence-corrected chi connectivity index (χ1v) is 7.82. The van der Waals surface area contributed by atoms with Gasteiger partial charge in [0, 0.05) is 24.7 Å². The van der Waals surface area contributed by atoms with Crippen molar-refractivity contribution >= 4 is 5.91 Å². The standard InChI is InChI=1S/C15H29N3O/c1-15(16-2)8-10-18(11-9-15)12-14(19)17-13-6-4-3-5-7-13/h13,16H,3-12H2,1-2H3,(H,17,19). The van der Waals surface area contributed by atoms with Crippen LogP contribution in [-0.4, -0.2) is 49.1 Å². The van der Waals surface area contributed by atoms with E-state index in [9.17, 15) is 4.79 Å². The predicted octanol–water partition coefficient (Wildman–Crippen LogP) is 1.51. The summed E-state index contributed by atoms with van der Waals surface area (Å²) in [7, 11) is 2.03. The molecule has 1 aliphatic carbocycles. The van der Waals surface area contributed by atoms with Crippen LogP contribution in [0.15, 0.2) is 0 Å². The van der Waals surface area contributed by atoms with Crippen molar-refractivity contribution in [2.75, 3.05) is 26.7 Å². The highest BCUT2D eigenvalue weighted by molar-refractivity contribution is 5.78. The second-order valence-corrected chi connectivity index (χ2v) is 6.49. The highest BCUT2D eigenvalue weighted by Gasteiger charge is 2.29. The minimum absolute atomic E-state index is 0.222. The Morgan fingerprint density at radius 3 is 2.42 bits per heavy atom. The fraction of sp³-hybridized carbons (Fsp3) is 0.933. The van der Waals surface area contributed by atoms with Gasteiger partial charge in [-0.15, -0.1) is 0 Å². The smallest absolute Gasteiger partial charge is 0.234 e. The number of piperidine rings is 1. The summed E-state index contributed by atoms with van der Waals surface area (Å²) in [6.45, 7) is 4.90. The molecule has 2 N–H and O–H groups in total. The lowest BCUT2D eigenvalue weighted by molar-refractivity contribution is -0.123. The summed E-state index contributed by atoms with van der Waals surface area (Å²) in [4.78, 5) is 14.3. The molecule has 1 amide bonds. The van der Waals surface area contributed by atoms with Crippen LogP contribution in [0.3, 0.4) is 0 Å². The van der Waals surface area contributed by atoms with Crippen LogP contribution in [0, 0.1) is 0 Å². The van der Waals surface area contributed by atoms with Crippen LogP contribution in [0.2, 0.25) is 0 Å². The maximum Gasteiger partial charge on any atom is 0.234 e. The third kappa shape index (κ3) is 4.46. The van der Waals surface area contributed by atoms with Gasteiger partial charge < -0.3 is 10.6 Å². The van der Waals surface area contributed by atoms with Gasteiger partial charge in [0.1, 0.15) is 0 Å². The summed E-state index contributed by atoms with van der Waals surface area (Å²) >= 11 is 0. The average Bonchev–Trinajstić information content (AvgIpc) is 2.43. The lowest BCUT2D eigenvalue weighted by atomic mass is 9.90. The van der Waals surface area contributed by atoms with E-state index in [0.717, 1.165) is 25.9 Å². The van der Waals surface area contributed by atoms with Crippen molar-refractivity contribution in [1.29, 1.82) is 0 Å². The Labute approximate surface area is 117 Å². The van der Waals surface area contributed by atoms with Crippen molar-refractivity contribution < 1.29 is 4.79 Å². The number of hydrogen-bond acceptors (Lipinski definition) is 3. The van der Waals surface area contributed by atoms with Crippen molar-refractivity contribution in [2.45, 2.75) is 63.5 Å². The summed E-state index contributed by atoms with van der Waals surface area (Å²) in [6.07, 6.45) is 8.47. The molecule has 0 aromatic heterocycles. The first-order chi connectivity index (χ1) is 9.11. The van der Waals surface area contributed by atoms with Crippen LogP contribution in [0.1, 0.15) is 51.9 Å². The quantitative estimate of drug-likeness (QED) is 0.811. The molecule has 0 radical (unpaired) electrons. The van der Waals surface area contributed by atoms with Crippen molar-refractivity contribution in [3.05, 3.63) is 0 Å². The second-order valence-electron chi connectivity index (χ2n) is 6.49. The summed E-state index contributed by atoms with van der Waals surface area (Å²) in [5.74, 6) is 0.222. The van der Waals surface area contributed by atoms with Crippen LogP contribution in [0.5, 0.6) is 0 Å². The van der Waals surface area contributed by atoms with E-state index in [1.165, 1.54) is 32.1 Å². The first-order valence-electron chi connectivity index (χ1n) is 7.82. The van der Waals surface area contributed by atoms with E-state index in [1.54, 1.807) is 0 Å². The zero-order valence-electron chi connectivity index (χ0n) is 12.5. The van der Waals surface area contributed by atoms with E-state index in [0.29, 0.717) is 12.6 Å². The van der Waals surface area contributed by atoms with Crippen molar-refractivity contribution in [1.82, 2.24) is 15.5 Å². The van der Waals surface area contributed by atoms with Gasteiger partial charge in [-0.05, 0) is 39.7 Å². The lowest BCUT2D eigenvalue weighted by Gasteiger charge is -2.39. The van der Waals surface area contributed by atoms with Gasteiger partial charge in [-0.1, -0.05) is 19.3 Å². The van der Waals surface area contributed by atoms with E-state index in [4.69, 9.17) is 0 Å². The van der Waals surface area contributed by atoms with Crippen molar-refractivity contribution in [3.63, 3.8) is 0 Å². The molecule has 0 spiro atoms. The van der Waals surface area contributed by atoms with Crippen molar-refractivity contribution in [3.8, 4) is 0 Å². The highest BCUT2D eigenvalue weighted by atomic mass is 16.2. The number of nitrogens with one attached hydrogen (secondary N) is 2. The molecule has 2 aliphatic rings. The molecule has 1 aliphatic heterocycles. The average molecular weight is 267 g/mol. The Kier molecular flexibility index (Phi) is 5.22. The fourth-order valence-corrected chi connectivity index (χ4v) is 3.18. The number of nitrogens with zero attached hydrogens (tertiary/aromatic N) is 1. The second kappa shape index (κ2) is 6.71. The van der Waals surface area contributed by atoms with Gasteiger partial charge in [-0.2, -0.15) is 0 Å². The molecule has 0 bridgehead atoms. The number of hydrogen-bond donors (Lipinski definition) is 2. The van der Waals surface area contributed by atoms with Crippen molar-refractivity contribution in [2.24, 2.45) is 0 Å². The molecule has 4 nitrogen and oxygen atoms in total. The Morgan fingerprint density at radius 2 is 1.84 bits per heavy atom. The van der Waals surface area contributed by atoms with E-state index >= 15 is 0 Å². The summed E-state index contributed by atoms with van der Waals surface area (Å²) < 4.78 is 0. The van der Waals surface area contributed by atoms with Gasteiger partial charge in [0.25, 0.3) is 0 Å². The Bertz CT molecular complexity index is 292. The minimum Gasteiger partial charge on any atom is -0.352 e. The highest BCUT2D eigenvalue weighted by Crippen LogP contribution is 2.21. The molecule has 0 atom stereocenters. The van der Waals surface area contributed by atoms with Crippen LogP contribution in [-0.2, 0) is 4.79 Å². The van der Waals surface area contributed by atoms with E-state index in [-0.39, 0.29) is 11.4 Å². The monoisotopic (exact) mass is 267 g/mol. The Hall–Kier alpha value is -0.610. The molecule has 2 rings (SSSR count). The lowest BCUT2D eigenvalue weighted by Crippen LogP contribution is -2.52. The fourth-order valence-electron chi connectivity index (χ4n) is 3.18. The molecule has 19 heavy (non-hydrogen) atoms. The third-order valence-electron chi connectivity index (χ3n) is 4.90. The molecule has 0 aromatic rings. The third-order valence-corrected chi connectivity index (χ3v) is 4.90. The van der Waals surface area contributed by atoms with Crippen LogP contribution >= 0.6 is 0 Å². The van der Waals surface area contributed by atoms with E-state index in [1.807, 2.05) is 7.05 Å². The molecule has 110 valence electrons. The van der Waals surface area contributed by atoms with Gasteiger partial charge in [0.2, 0.25) is 5.91 Å². The maximum absolute atomic E-state index is 12.0. The number of likely N-dealkylation sites (tertiary alicyclic amines) is 1. The Morgan fingerprint density at radius 1 is 1.21 bits per heavy atom. The first kappa shape index (κ1) is 14.8. The largest absolute Gasteiger partial charge is 0.352 e. The normalized spacial score (nSPS) is 25.2. The van der Waals surface area contributed by atoms with Gasteiger partial charge in [0.05, 0.1) is 6.54 Å².